The minimum absolute atomic E-state index is 0.129. The van der Waals surface area contributed by atoms with E-state index in [0.29, 0.717) is 0 Å². The minimum atomic E-state index is -0.821. The Hall–Kier alpha value is -1.56. The number of nitrogens with zero attached hydrogens (tertiary/aromatic N) is 1. The van der Waals surface area contributed by atoms with Crippen molar-refractivity contribution < 1.29 is 9.18 Å². The zero-order valence-electron chi connectivity index (χ0n) is 8.95. The molecule has 0 aliphatic carbocycles. The first-order valence-corrected chi connectivity index (χ1v) is 4.97. The molecule has 1 aromatic heterocycles. The third-order valence-electron chi connectivity index (χ3n) is 2.01. The van der Waals surface area contributed by atoms with E-state index in [1.165, 1.54) is 6.20 Å². The number of carbonyl (C=O) groups excluding carboxylic acids is 1. The average Bonchev–Trinajstić information content (AvgIpc) is 2.16. The Morgan fingerprint density at radius 3 is 2.69 bits per heavy atom. The molecule has 0 atom stereocenters. The summed E-state index contributed by atoms with van der Waals surface area (Å²) in [5.41, 5.74) is 4.76. The predicted octanol–water partition coefficient (Wildman–Crippen LogP) is 1.02. The van der Waals surface area contributed by atoms with Crippen LogP contribution in [0.1, 0.15) is 24.2 Å². The maximum atomic E-state index is 12.8. The Morgan fingerprint density at radius 2 is 2.19 bits per heavy atom. The molecule has 0 saturated heterocycles. The molecule has 0 bridgehead atoms. The Balaban J connectivity index is 2.85. The number of carbonyl (C=O) groups is 1. The molecular formula is C10H12FN3OS. The molecule has 0 saturated carbocycles. The topological polar surface area (TPSA) is 68.0 Å². The zero-order chi connectivity index (χ0) is 12.3. The van der Waals surface area contributed by atoms with Gasteiger partial charge in [-0.05, 0) is 19.9 Å². The van der Waals surface area contributed by atoms with Crippen molar-refractivity contribution in [3.8, 4) is 0 Å². The summed E-state index contributed by atoms with van der Waals surface area (Å²) in [6, 6.07) is 1.10. The maximum Gasteiger partial charge on any atom is 0.253 e. The van der Waals surface area contributed by atoms with Gasteiger partial charge in [0, 0.05) is 6.20 Å². The normalized spacial score (nSPS) is 10.9. The van der Waals surface area contributed by atoms with Gasteiger partial charge in [-0.2, -0.15) is 0 Å². The van der Waals surface area contributed by atoms with Crippen LogP contribution in [-0.4, -0.2) is 21.4 Å². The van der Waals surface area contributed by atoms with E-state index in [-0.39, 0.29) is 10.6 Å². The van der Waals surface area contributed by atoms with Gasteiger partial charge in [-0.25, -0.2) is 4.39 Å². The molecule has 0 aliphatic rings. The fourth-order valence-electron chi connectivity index (χ4n) is 0.954. The minimum Gasteiger partial charge on any atom is -0.391 e. The van der Waals surface area contributed by atoms with Gasteiger partial charge in [0.05, 0.1) is 22.3 Å². The predicted molar refractivity (Wildman–Crippen MR) is 62.5 cm³/mol. The standard InChI is InChI=1S/C10H12FN3OS/c1-10(2,9(12)16)14-8(15)6-3-7(11)5-13-4-6/h3-5H,1-2H3,(H2,12,16)(H,14,15). The lowest BCUT2D eigenvalue weighted by molar-refractivity contribution is 0.0931. The zero-order valence-corrected chi connectivity index (χ0v) is 9.77. The summed E-state index contributed by atoms with van der Waals surface area (Å²) < 4.78 is 12.8. The van der Waals surface area contributed by atoms with Gasteiger partial charge in [-0.3, -0.25) is 9.78 Å². The van der Waals surface area contributed by atoms with Gasteiger partial charge in [0.1, 0.15) is 5.82 Å². The average molecular weight is 241 g/mol. The molecule has 16 heavy (non-hydrogen) atoms. The van der Waals surface area contributed by atoms with E-state index in [2.05, 4.69) is 10.3 Å². The summed E-state index contributed by atoms with van der Waals surface area (Å²) in [7, 11) is 0. The summed E-state index contributed by atoms with van der Waals surface area (Å²) in [6.07, 6.45) is 2.30. The summed E-state index contributed by atoms with van der Waals surface area (Å²) in [5, 5.41) is 2.59. The van der Waals surface area contributed by atoms with Crippen LogP contribution in [0.2, 0.25) is 0 Å². The van der Waals surface area contributed by atoms with Crippen LogP contribution in [0, 0.1) is 5.82 Å². The molecule has 1 heterocycles. The SMILES string of the molecule is CC(C)(NC(=O)c1cncc(F)c1)C(N)=S. The second kappa shape index (κ2) is 4.52. The lowest BCUT2D eigenvalue weighted by atomic mass is 10.1. The highest BCUT2D eigenvalue weighted by atomic mass is 32.1. The molecular weight excluding hydrogens is 229 g/mol. The van der Waals surface area contributed by atoms with Crippen LogP contribution in [0.4, 0.5) is 4.39 Å². The molecule has 0 aliphatic heterocycles. The van der Waals surface area contributed by atoms with Gasteiger partial charge in [0.25, 0.3) is 5.91 Å². The van der Waals surface area contributed by atoms with E-state index < -0.39 is 17.3 Å². The third kappa shape index (κ3) is 2.96. The van der Waals surface area contributed by atoms with E-state index in [1.54, 1.807) is 13.8 Å². The molecule has 4 nitrogen and oxygen atoms in total. The smallest absolute Gasteiger partial charge is 0.253 e. The van der Waals surface area contributed by atoms with E-state index >= 15 is 0 Å². The van der Waals surface area contributed by atoms with Gasteiger partial charge >= 0.3 is 0 Å². The van der Waals surface area contributed by atoms with Crippen molar-refractivity contribution in [2.45, 2.75) is 19.4 Å². The maximum absolute atomic E-state index is 12.8. The van der Waals surface area contributed by atoms with Crippen LogP contribution in [0.15, 0.2) is 18.5 Å². The Labute approximate surface area is 98.1 Å². The summed E-state index contributed by atoms with van der Waals surface area (Å²) >= 11 is 4.80. The lowest BCUT2D eigenvalue weighted by Crippen LogP contribution is -2.52. The van der Waals surface area contributed by atoms with E-state index in [1.807, 2.05) is 0 Å². The van der Waals surface area contributed by atoms with E-state index in [0.717, 1.165) is 12.3 Å². The highest BCUT2D eigenvalue weighted by Gasteiger charge is 2.24. The summed E-state index contributed by atoms with van der Waals surface area (Å²) in [5.74, 6) is -1.04. The molecule has 0 spiro atoms. The number of amides is 1. The van der Waals surface area contributed by atoms with Crippen molar-refractivity contribution in [2.75, 3.05) is 0 Å². The largest absolute Gasteiger partial charge is 0.391 e. The van der Waals surface area contributed by atoms with Crippen molar-refractivity contribution >= 4 is 23.1 Å². The van der Waals surface area contributed by atoms with E-state index in [9.17, 15) is 9.18 Å². The van der Waals surface area contributed by atoms with Crippen LogP contribution >= 0.6 is 12.2 Å². The van der Waals surface area contributed by atoms with Crippen molar-refractivity contribution in [3.63, 3.8) is 0 Å². The molecule has 3 N–H and O–H groups in total. The second-order valence-corrected chi connectivity index (χ2v) is 4.28. The number of rotatable bonds is 3. The monoisotopic (exact) mass is 241 g/mol. The van der Waals surface area contributed by atoms with Gasteiger partial charge in [0.15, 0.2) is 0 Å². The Bertz CT molecular complexity index is 434. The van der Waals surface area contributed by atoms with Gasteiger partial charge < -0.3 is 11.1 Å². The highest BCUT2D eigenvalue weighted by molar-refractivity contribution is 7.80. The molecule has 0 fully saturated rings. The molecule has 0 radical (unpaired) electrons. The first-order chi connectivity index (χ1) is 7.33. The van der Waals surface area contributed by atoms with Crippen molar-refractivity contribution in [2.24, 2.45) is 5.73 Å². The van der Waals surface area contributed by atoms with Crippen LogP contribution in [0.25, 0.3) is 0 Å². The third-order valence-corrected chi connectivity index (χ3v) is 2.52. The summed E-state index contributed by atoms with van der Waals surface area (Å²) in [6.45, 7) is 3.33. The van der Waals surface area contributed by atoms with Crippen LogP contribution in [0.5, 0.6) is 0 Å². The van der Waals surface area contributed by atoms with E-state index in [4.69, 9.17) is 18.0 Å². The van der Waals surface area contributed by atoms with Crippen molar-refractivity contribution in [1.29, 1.82) is 0 Å². The fourth-order valence-corrected chi connectivity index (χ4v) is 1.00. The number of aromatic nitrogens is 1. The molecule has 1 amide bonds. The quantitative estimate of drug-likeness (QED) is 0.775. The Kier molecular flexibility index (Phi) is 3.54. The van der Waals surface area contributed by atoms with Crippen molar-refractivity contribution in [3.05, 3.63) is 29.8 Å². The number of nitrogens with one attached hydrogen (secondary N) is 1. The van der Waals surface area contributed by atoms with Crippen LogP contribution in [0.3, 0.4) is 0 Å². The number of nitrogens with two attached hydrogens (primary N) is 1. The van der Waals surface area contributed by atoms with Crippen LogP contribution in [-0.2, 0) is 0 Å². The number of thiocarbonyl (C=S) groups is 1. The molecule has 0 aromatic carbocycles. The first kappa shape index (κ1) is 12.5. The summed E-state index contributed by atoms with van der Waals surface area (Å²) in [4.78, 5) is 15.4. The molecule has 6 heteroatoms. The van der Waals surface area contributed by atoms with Crippen molar-refractivity contribution in [1.82, 2.24) is 10.3 Å². The number of pyridine rings is 1. The lowest BCUT2D eigenvalue weighted by Gasteiger charge is -2.24. The Morgan fingerprint density at radius 1 is 1.56 bits per heavy atom. The number of hydrogen-bond acceptors (Lipinski definition) is 3. The van der Waals surface area contributed by atoms with Gasteiger partial charge in [-0.1, -0.05) is 12.2 Å². The van der Waals surface area contributed by atoms with Gasteiger partial charge in [0.2, 0.25) is 0 Å². The fraction of sp³-hybridized carbons (Fsp3) is 0.300. The second-order valence-electron chi connectivity index (χ2n) is 3.84. The molecule has 1 rings (SSSR count). The number of hydrogen-bond donors (Lipinski definition) is 2. The molecule has 86 valence electrons. The highest BCUT2D eigenvalue weighted by Crippen LogP contribution is 2.06. The van der Waals surface area contributed by atoms with Gasteiger partial charge in [-0.15, -0.1) is 0 Å². The first-order valence-electron chi connectivity index (χ1n) is 4.56. The van der Waals surface area contributed by atoms with Crippen LogP contribution < -0.4 is 11.1 Å². The number of halogens is 1. The molecule has 0 unspecified atom stereocenters. The molecule has 1 aromatic rings.